The van der Waals surface area contributed by atoms with Gasteiger partial charge in [-0.1, -0.05) is 30.3 Å². The van der Waals surface area contributed by atoms with Crippen LogP contribution >= 0.6 is 0 Å². The van der Waals surface area contributed by atoms with E-state index in [1.807, 2.05) is 42.2 Å². The largest absolute Gasteiger partial charge is 0.494 e. The van der Waals surface area contributed by atoms with E-state index in [0.717, 1.165) is 30.8 Å². The number of ether oxygens (including phenoxy) is 1. The van der Waals surface area contributed by atoms with Crippen LogP contribution in [0.25, 0.3) is 10.8 Å². The number of amides is 1. The highest BCUT2D eigenvalue weighted by molar-refractivity contribution is 5.96. The summed E-state index contributed by atoms with van der Waals surface area (Å²) in [7, 11) is 0. The number of rotatable bonds is 5. The third kappa shape index (κ3) is 4.32. The topological polar surface area (TPSA) is 65.6 Å². The summed E-state index contributed by atoms with van der Waals surface area (Å²) in [6.07, 6.45) is 0. The zero-order valence-electron chi connectivity index (χ0n) is 16.6. The summed E-state index contributed by atoms with van der Waals surface area (Å²) in [5, 5.41) is 1.39. The number of pyridine rings is 1. The van der Waals surface area contributed by atoms with Crippen molar-refractivity contribution in [2.75, 3.05) is 32.8 Å². The molecule has 2 aromatic carbocycles. The normalized spacial score (nSPS) is 14.9. The molecule has 0 saturated carbocycles. The van der Waals surface area contributed by atoms with Crippen molar-refractivity contribution in [2.45, 2.75) is 13.5 Å². The third-order valence-corrected chi connectivity index (χ3v) is 5.28. The van der Waals surface area contributed by atoms with Crippen LogP contribution in [0.2, 0.25) is 0 Å². The molecule has 0 unspecified atom stereocenters. The number of fused-ring (bicyclic) bond motifs is 1. The molecular weight excluding hydrogens is 366 g/mol. The van der Waals surface area contributed by atoms with Crippen LogP contribution in [-0.2, 0) is 6.54 Å². The first-order valence-electron chi connectivity index (χ1n) is 9.99. The molecule has 3 aromatic rings. The highest BCUT2D eigenvalue weighted by Gasteiger charge is 2.23. The Morgan fingerprint density at radius 3 is 2.48 bits per heavy atom. The lowest BCUT2D eigenvalue weighted by Crippen LogP contribution is -2.48. The third-order valence-electron chi connectivity index (χ3n) is 5.28. The Morgan fingerprint density at radius 2 is 1.76 bits per heavy atom. The van der Waals surface area contributed by atoms with Gasteiger partial charge in [0.1, 0.15) is 11.4 Å². The van der Waals surface area contributed by atoms with Crippen LogP contribution in [0.4, 0.5) is 0 Å². The predicted octanol–water partition coefficient (Wildman–Crippen LogP) is 2.88. The Bertz CT molecular complexity index is 1050. The summed E-state index contributed by atoms with van der Waals surface area (Å²) in [4.78, 5) is 32.0. The summed E-state index contributed by atoms with van der Waals surface area (Å²) in [5.41, 5.74) is 1.36. The molecule has 0 aliphatic carbocycles. The van der Waals surface area contributed by atoms with Gasteiger partial charge >= 0.3 is 0 Å². The molecule has 0 bridgehead atoms. The maximum atomic E-state index is 12.9. The molecule has 1 N–H and O–H groups in total. The number of piperazine rings is 1. The standard InChI is InChI=1S/C23H25N3O3/c1-2-29-19-9-7-17(8-10-19)16-25-11-13-26(14-12-25)23(28)21-15-18-5-3-4-6-20(18)22(27)24-21/h3-10,15H,2,11-14,16H2,1H3,(H,24,27). The van der Waals surface area contributed by atoms with Gasteiger partial charge in [-0.15, -0.1) is 0 Å². The van der Waals surface area contributed by atoms with Gasteiger partial charge in [0.15, 0.2) is 0 Å². The number of carbonyl (C=O) groups excluding carboxylic acids is 1. The fourth-order valence-corrected chi connectivity index (χ4v) is 3.72. The van der Waals surface area contributed by atoms with E-state index in [9.17, 15) is 9.59 Å². The van der Waals surface area contributed by atoms with Gasteiger partial charge < -0.3 is 14.6 Å². The summed E-state index contributed by atoms with van der Waals surface area (Å²) in [5.74, 6) is 0.768. The van der Waals surface area contributed by atoms with Crippen molar-refractivity contribution in [1.29, 1.82) is 0 Å². The van der Waals surface area contributed by atoms with E-state index in [-0.39, 0.29) is 11.5 Å². The van der Waals surface area contributed by atoms with Crippen LogP contribution in [-0.4, -0.2) is 53.5 Å². The van der Waals surface area contributed by atoms with Gasteiger partial charge in [-0.05, 0) is 42.1 Å². The van der Waals surface area contributed by atoms with Gasteiger partial charge in [0.05, 0.1) is 6.61 Å². The average molecular weight is 391 g/mol. The van der Waals surface area contributed by atoms with Crippen molar-refractivity contribution in [3.63, 3.8) is 0 Å². The highest BCUT2D eigenvalue weighted by Crippen LogP contribution is 2.16. The number of nitrogens with one attached hydrogen (secondary N) is 1. The molecule has 1 aliphatic heterocycles. The molecule has 0 radical (unpaired) electrons. The zero-order chi connectivity index (χ0) is 20.2. The molecule has 1 amide bonds. The first-order valence-corrected chi connectivity index (χ1v) is 9.99. The lowest BCUT2D eigenvalue weighted by Gasteiger charge is -2.34. The van der Waals surface area contributed by atoms with Crippen LogP contribution in [0, 0.1) is 0 Å². The number of hydrogen-bond donors (Lipinski definition) is 1. The second-order valence-electron chi connectivity index (χ2n) is 7.24. The van der Waals surface area contributed by atoms with Crippen molar-refractivity contribution in [1.82, 2.24) is 14.8 Å². The van der Waals surface area contributed by atoms with E-state index in [2.05, 4.69) is 22.0 Å². The Kier molecular flexibility index (Phi) is 5.62. The van der Waals surface area contributed by atoms with Crippen LogP contribution in [0.15, 0.2) is 59.4 Å². The van der Waals surface area contributed by atoms with E-state index in [4.69, 9.17) is 4.74 Å². The van der Waals surface area contributed by atoms with Crippen molar-refractivity contribution in [3.8, 4) is 5.75 Å². The zero-order valence-corrected chi connectivity index (χ0v) is 16.6. The van der Waals surface area contributed by atoms with Gasteiger partial charge in [0, 0.05) is 38.1 Å². The average Bonchev–Trinajstić information content (AvgIpc) is 2.75. The SMILES string of the molecule is CCOc1ccc(CN2CCN(C(=O)c3cc4ccccc4c(=O)[nH]3)CC2)cc1. The molecule has 1 fully saturated rings. The molecule has 4 rings (SSSR count). The Hall–Kier alpha value is -3.12. The van der Waals surface area contributed by atoms with E-state index in [1.54, 1.807) is 12.1 Å². The number of hydrogen-bond acceptors (Lipinski definition) is 4. The summed E-state index contributed by atoms with van der Waals surface area (Å²) >= 11 is 0. The van der Waals surface area contributed by atoms with E-state index in [1.165, 1.54) is 5.56 Å². The minimum Gasteiger partial charge on any atom is -0.494 e. The van der Waals surface area contributed by atoms with Crippen molar-refractivity contribution in [2.24, 2.45) is 0 Å². The molecule has 2 heterocycles. The Balaban J connectivity index is 1.38. The molecule has 6 heteroatoms. The lowest BCUT2D eigenvalue weighted by atomic mass is 10.1. The summed E-state index contributed by atoms with van der Waals surface area (Å²) in [6.45, 7) is 6.38. The number of H-pyrrole nitrogens is 1. The fourth-order valence-electron chi connectivity index (χ4n) is 3.72. The fraction of sp³-hybridized carbons (Fsp3) is 0.304. The van der Waals surface area contributed by atoms with Gasteiger partial charge in [-0.2, -0.15) is 0 Å². The van der Waals surface area contributed by atoms with E-state index < -0.39 is 0 Å². The van der Waals surface area contributed by atoms with Crippen LogP contribution in [0.3, 0.4) is 0 Å². The molecule has 1 saturated heterocycles. The van der Waals surface area contributed by atoms with Gasteiger partial charge in [-0.3, -0.25) is 14.5 Å². The number of carbonyl (C=O) groups is 1. The van der Waals surface area contributed by atoms with Gasteiger partial charge in [0.25, 0.3) is 11.5 Å². The minimum absolute atomic E-state index is 0.117. The van der Waals surface area contributed by atoms with Crippen LogP contribution < -0.4 is 10.3 Å². The van der Waals surface area contributed by atoms with Crippen LogP contribution in [0.1, 0.15) is 23.0 Å². The van der Waals surface area contributed by atoms with Crippen molar-refractivity contribution >= 4 is 16.7 Å². The van der Waals surface area contributed by atoms with E-state index in [0.29, 0.717) is 30.8 Å². The Morgan fingerprint density at radius 1 is 1.03 bits per heavy atom. The number of benzene rings is 2. The smallest absolute Gasteiger partial charge is 0.270 e. The molecule has 1 aromatic heterocycles. The molecule has 0 atom stereocenters. The number of nitrogens with zero attached hydrogens (tertiary/aromatic N) is 2. The second kappa shape index (κ2) is 8.49. The predicted molar refractivity (Wildman–Crippen MR) is 113 cm³/mol. The molecule has 150 valence electrons. The first-order chi connectivity index (χ1) is 14.1. The monoisotopic (exact) mass is 391 g/mol. The molecule has 6 nitrogen and oxygen atoms in total. The first kappa shape index (κ1) is 19.2. The summed E-state index contributed by atoms with van der Waals surface area (Å²) in [6, 6.07) is 17.2. The number of aromatic nitrogens is 1. The number of aromatic amines is 1. The second-order valence-corrected chi connectivity index (χ2v) is 7.24. The summed E-state index contributed by atoms with van der Waals surface area (Å²) < 4.78 is 5.49. The van der Waals surface area contributed by atoms with Crippen LogP contribution in [0.5, 0.6) is 5.75 Å². The van der Waals surface area contributed by atoms with Crippen molar-refractivity contribution < 1.29 is 9.53 Å². The molecule has 1 aliphatic rings. The maximum absolute atomic E-state index is 12.9. The minimum atomic E-state index is -0.222. The quantitative estimate of drug-likeness (QED) is 0.726. The molecule has 0 spiro atoms. The molecular formula is C23H25N3O3. The maximum Gasteiger partial charge on any atom is 0.270 e. The lowest BCUT2D eigenvalue weighted by molar-refractivity contribution is 0.0622. The van der Waals surface area contributed by atoms with Gasteiger partial charge in [-0.25, -0.2) is 0 Å². The molecule has 29 heavy (non-hydrogen) atoms. The van der Waals surface area contributed by atoms with Gasteiger partial charge in [0.2, 0.25) is 0 Å². The van der Waals surface area contributed by atoms with E-state index >= 15 is 0 Å². The Labute approximate surface area is 169 Å². The highest BCUT2D eigenvalue weighted by atomic mass is 16.5. The van der Waals surface area contributed by atoms with Crippen molar-refractivity contribution in [3.05, 3.63) is 76.2 Å².